The molecule has 0 aromatic carbocycles. The molecule has 1 aliphatic carbocycles. The van der Waals surface area contributed by atoms with Gasteiger partial charge in [-0.05, 0) is 31.2 Å². The summed E-state index contributed by atoms with van der Waals surface area (Å²) in [6.07, 6.45) is 12.7. The second-order valence-electron chi connectivity index (χ2n) is 7.19. The minimum absolute atomic E-state index is 0. The number of nitrogens with two attached hydrogens (primary N) is 1. The number of halogens is 1. The number of amides is 1. The highest BCUT2D eigenvalue weighted by atomic mass is 35.5. The van der Waals surface area contributed by atoms with Crippen LogP contribution >= 0.6 is 12.4 Å². The van der Waals surface area contributed by atoms with Crippen molar-refractivity contribution in [1.29, 1.82) is 0 Å². The summed E-state index contributed by atoms with van der Waals surface area (Å²) in [4.78, 5) is 23.2. The fraction of sp³-hybridized carbons (Fsp3) is 0.722. The lowest BCUT2D eigenvalue weighted by atomic mass is 9.85. The highest BCUT2D eigenvalue weighted by Gasteiger charge is 2.26. The SMILES string of the molecule is Cl.NC(CC1CCCCC1)C(=O)NC1CCCN(c2ncccn2)C1. The Bertz CT molecular complexity index is 523. The number of nitrogens with zero attached hydrogens (tertiary/aromatic N) is 3. The third kappa shape index (κ3) is 5.82. The molecule has 1 aliphatic heterocycles. The first-order chi connectivity index (χ1) is 11.7. The second-order valence-corrected chi connectivity index (χ2v) is 7.19. The molecule has 2 fully saturated rings. The Balaban J connectivity index is 0.00000225. The molecule has 1 aromatic rings. The average molecular weight is 368 g/mol. The predicted molar refractivity (Wildman–Crippen MR) is 102 cm³/mol. The first-order valence-electron chi connectivity index (χ1n) is 9.30. The summed E-state index contributed by atoms with van der Waals surface area (Å²) >= 11 is 0. The van der Waals surface area contributed by atoms with Crippen LogP contribution in [0.15, 0.2) is 18.5 Å². The number of carbonyl (C=O) groups is 1. The lowest BCUT2D eigenvalue weighted by Crippen LogP contribution is -2.52. The zero-order chi connectivity index (χ0) is 16.8. The molecule has 3 rings (SSSR count). The molecule has 25 heavy (non-hydrogen) atoms. The molecule has 2 heterocycles. The zero-order valence-electron chi connectivity index (χ0n) is 14.8. The minimum atomic E-state index is -0.378. The maximum absolute atomic E-state index is 12.4. The Kier molecular flexibility index (Phi) is 7.90. The van der Waals surface area contributed by atoms with E-state index in [9.17, 15) is 4.79 Å². The van der Waals surface area contributed by atoms with Crippen molar-refractivity contribution >= 4 is 24.3 Å². The van der Waals surface area contributed by atoms with Gasteiger partial charge in [-0.15, -0.1) is 12.4 Å². The predicted octanol–water partition coefficient (Wildman–Crippen LogP) is 2.28. The number of piperidine rings is 1. The fourth-order valence-electron chi connectivity index (χ4n) is 3.93. The van der Waals surface area contributed by atoms with E-state index in [2.05, 4.69) is 20.2 Å². The quantitative estimate of drug-likeness (QED) is 0.834. The van der Waals surface area contributed by atoms with Gasteiger partial charge in [-0.1, -0.05) is 32.1 Å². The van der Waals surface area contributed by atoms with Crippen molar-refractivity contribution in [1.82, 2.24) is 15.3 Å². The minimum Gasteiger partial charge on any atom is -0.350 e. The van der Waals surface area contributed by atoms with E-state index in [1.807, 2.05) is 6.07 Å². The van der Waals surface area contributed by atoms with Gasteiger partial charge >= 0.3 is 0 Å². The van der Waals surface area contributed by atoms with Crippen molar-refractivity contribution in [3.63, 3.8) is 0 Å². The Morgan fingerprint density at radius 3 is 2.64 bits per heavy atom. The lowest BCUT2D eigenvalue weighted by Gasteiger charge is -2.34. The molecule has 1 amide bonds. The van der Waals surface area contributed by atoms with E-state index in [4.69, 9.17) is 5.73 Å². The van der Waals surface area contributed by atoms with E-state index in [0.717, 1.165) is 38.3 Å². The third-order valence-electron chi connectivity index (χ3n) is 5.25. The van der Waals surface area contributed by atoms with Gasteiger partial charge in [0.1, 0.15) is 0 Å². The molecule has 2 unspecified atom stereocenters. The smallest absolute Gasteiger partial charge is 0.237 e. The number of aromatic nitrogens is 2. The van der Waals surface area contributed by atoms with Crippen LogP contribution in [0.5, 0.6) is 0 Å². The molecule has 7 heteroatoms. The van der Waals surface area contributed by atoms with E-state index in [-0.39, 0.29) is 30.4 Å². The van der Waals surface area contributed by atoms with Gasteiger partial charge in [0.2, 0.25) is 11.9 Å². The molecule has 3 N–H and O–H groups in total. The number of hydrogen-bond donors (Lipinski definition) is 2. The van der Waals surface area contributed by atoms with Crippen LogP contribution in [0.1, 0.15) is 51.4 Å². The average Bonchev–Trinajstić information content (AvgIpc) is 2.63. The van der Waals surface area contributed by atoms with E-state index < -0.39 is 0 Å². The monoisotopic (exact) mass is 367 g/mol. The highest BCUT2D eigenvalue weighted by Crippen LogP contribution is 2.27. The first kappa shape index (κ1) is 19.9. The highest BCUT2D eigenvalue weighted by molar-refractivity contribution is 5.85. The second kappa shape index (κ2) is 9.92. The van der Waals surface area contributed by atoms with Gasteiger partial charge in [-0.25, -0.2) is 9.97 Å². The van der Waals surface area contributed by atoms with Gasteiger partial charge in [0, 0.05) is 31.5 Å². The summed E-state index contributed by atoms with van der Waals surface area (Å²) in [7, 11) is 0. The van der Waals surface area contributed by atoms with Crippen LogP contribution in [0.4, 0.5) is 5.95 Å². The van der Waals surface area contributed by atoms with Crippen molar-refractivity contribution in [2.45, 2.75) is 63.5 Å². The molecule has 2 atom stereocenters. The number of rotatable bonds is 5. The normalized spacial score (nSPS) is 22.8. The van der Waals surface area contributed by atoms with Gasteiger partial charge in [-0.2, -0.15) is 0 Å². The number of carbonyl (C=O) groups excluding carboxylic acids is 1. The molecule has 0 bridgehead atoms. The molecule has 6 nitrogen and oxygen atoms in total. The van der Waals surface area contributed by atoms with Crippen LogP contribution in [-0.2, 0) is 4.79 Å². The van der Waals surface area contributed by atoms with E-state index >= 15 is 0 Å². The van der Waals surface area contributed by atoms with Crippen LogP contribution in [0.3, 0.4) is 0 Å². The Morgan fingerprint density at radius 2 is 1.92 bits per heavy atom. The largest absolute Gasteiger partial charge is 0.350 e. The summed E-state index contributed by atoms with van der Waals surface area (Å²) in [5.74, 6) is 1.37. The Hall–Kier alpha value is -1.40. The summed E-state index contributed by atoms with van der Waals surface area (Å²) in [5, 5.41) is 3.15. The molecule has 1 aromatic heterocycles. The summed E-state index contributed by atoms with van der Waals surface area (Å²) < 4.78 is 0. The van der Waals surface area contributed by atoms with Crippen molar-refractivity contribution in [2.75, 3.05) is 18.0 Å². The van der Waals surface area contributed by atoms with E-state index in [1.54, 1.807) is 12.4 Å². The van der Waals surface area contributed by atoms with Gasteiger partial charge in [0.15, 0.2) is 0 Å². The number of nitrogens with one attached hydrogen (secondary N) is 1. The molecular weight excluding hydrogens is 338 g/mol. The summed E-state index contributed by atoms with van der Waals surface area (Å²) in [6.45, 7) is 1.69. The maximum Gasteiger partial charge on any atom is 0.237 e. The van der Waals surface area contributed by atoms with Gasteiger partial charge in [-0.3, -0.25) is 4.79 Å². The zero-order valence-corrected chi connectivity index (χ0v) is 15.6. The lowest BCUT2D eigenvalue weighted by molar-refractivity contribution is -0.123. The Morgan fingerprint density at radius 1 is 1.20 bits per heavy atom. The van der Waals surface area contributed by atoms with Crippen molar-refractivity contribution in [3.8, 4) is 0 Å². The maximum atomic E-state index is 12.4. The van der Waals surface area contributed by atoms with Crippen molar-refractivity contribution < 1.29 is 4.79 Å². The summed E-state index contributed by atoms with van der Waals surface area (Å²) in [5.41, 5.74) is 6.16. The van der Waals surface area contributed by atoms with Gasteiger partial charge in [0.25, 0.3) is 0 Å². The van der Waals surface area contributed by atoms with Crippen molar-refractivity contribution in [2.24, 2.45) is 11.7 Å². The molecule has 140 valence electrons. The van der Waals surface area contributed by atoms with Crippen LogP contribution in [0.2, 0.25) is 0 Å². The first-order valence-corrected chi connectivity index (χ1v) is 9.30. The summed E-state index contributed by atoms with van der Waals surface area (Å²) in [6, 6.07) is 1.57. The number of hydrogen-bond acceptors (Lipinski definition) is 5. The standard InChI is InChI=1S/C18H29N5O.ClH/c19-16(12-14-6-2-1-3-7-14)17(24)22-15-8-4-11-23(13-15)18-20-9-5-10-21-18;/h5,9-10,14-16H,1-4,6-8,11-13,19H2,(H,22,24);1H. The Labute approximate surface area is 156 Å². The van der Waals surface area contributed by atoms with Crippen LogP contribution in [0, 0.1) is 5.92 Å². The van der Waals surface area contributed by atoms with Crippen molar-refractivity contribution in [3.05, 3.63) is 18.5 Å². The van der Waals surface area contributed by atoms with Crippen LogP contribution in [0.25, 0.3) is 0 Å². The van der Waals surface area contributed by atoms with E-state index in [0.29, 0.717) is 5.92 Å². The molecular formula is C18H30ClN5O. The van der Waals surface area contributed by atoms with E-state index in [1.165, 1.54) is 32.1 Å². The van der Waals surface area contributed by atoms with Gasteiger partial charge in [0.05, 0.1) is 6.04 Å². The molecule has 1 saturated carbocycles. The third-order valence-corrected chi connectivity index (χ3v) is 5.25. The van der Waals surface area contributed by atoms with Crippen LogP contribution < -0.4 is 16.0 Å². The number of anilines is 1. The van der Waals surface area contributed by atoms with Gasteiger partial charge < -0.3 is 16.0 Å². The topological polar surface area (TPSA) is 84.1 Å². The fourth-order valence-corrected chi connectivity index (χ4v) is 3.93. The molecule has 2 aliphatic rings. The molecule has 0 radical (unpaired) electrons. The van der Waals surface area contributed by atoms with Crippen LogP contribution in [-0.4, -0.2) is 41.0 Å². The molecule has 0 spiro atoms. The molecule has 1 saturated heterocycles.